The van der Waals surface area contributed by atoms with Crippen molar-refractivity contribution in [1.82, 2.24) is 4.90 Å². The number of carbonyl (C=O) groups is 1. The Morgan fingerprint density at radius 3 is 2.50 bits per heavy atom. The first-order valence-electron chi connectivity index (χ1n) is 5.08. The van der Waals surface area contributed by atoms with Gasteiger partial charge in [-0.3, -0.25) is 9.69 Å². The van der Waals surface area contributed by atoms with Crippen LogP contribution in [0.25, 0.3) is 0 Å². The summed E-state index contributed by atoms with van der Waals surface area (Å²) in [5, 5.41) is 0. The van der Waals surface area contributed by atoms with Crippen LogP contribution in [0.15, 0.2) is 0 Å². The minimum atomic E-state index is -0.187. The summed E-state index contributed by atoms with van der Waals surface area (Å²) in [5.41, 5.74) is 5.93. The Kier molecular flexibility index (Phi) is 3.50. The summed E-state index contributed by atoms with van der Waals surface area (Å²) in [7, 11) is 1.42. The lowest BCUT2D eigenvalue weighted by atomic mass is 9.98. The number of nitrogens with zero attached hydrogens (tertiary/aromatic N) is 1. The Hall–Kier alpha value is -0.610. The molecule has 0 spiro atoms. The summed E-state index contributed by atoms with van der Waals surface area (Å²) in [6.07, 6.45) is 0. The normalized spacial score (nSPS) is 33.7. The van der Waals surface area contributed by atoms with Gasteiger partial charge in [-0.05, 0) is 20.8 Å². The Balaban J connectivity index is 2.74. The number of hydrogen-bond donors (Lipinski definition) is 1. The highest BCUT2D eigenvalue weighted by Crippen LogP contribution is 2.26. The smallest absolute Gasteiger partial charge is 0.311 e. The Morgan fingerprint density at radius 1 is 1.57 bits per heavy atom. The zero-order valence-corrected chi connectivity index (χ0v) is 9.36. The van der Waals surface area contributed by atoms with Crippen molar-refractivity contribution >= 4 is 5.97 Å². The SMILES string of the molecule is COC(=O)C1C(N)CN(C(C)C)C1C. The molecule has 3 atom stereocenters. The van der Waals surface area contributed by atoms with E-state index in [1.165, 1.54) is 7.11 Å². The fourth-order valence-electron chi connectivity index (χ4n) is 2.28. The number of ether oxygens (including phenoxy) is 1. The van der Waals surface area contributed by atoms with Gasteiger partial charge in [0.1, 0.15) is 0 Å². The van der Waals surface area contributed by atoms with Gasteiger partial charge in [0.05, 0.1) is 13.0 Å². The van der Waals surface area contributed by atoms with Crippen LogP contribution in [0.3, 0.4) is 0 Å². The van der Waals surface area contributed by atoms with Crippen molar-refractivity contribution < 1.29 is 9.53 Å². The maximum Gasteiger partial charge on any atom is 0.311 e. The van der Waals surface area contributed by atoms with Gasteiger partial charge in [0.25, 0.3) is 0 Å². The molecule has 3 unspecified atom stereocenters. The van der Waals surface area contributed by atoms with Gasteiger partial charge in [0.2, 0.25) is 0 Å². The lowest BCUT2D eigenvalue weighted by Crippen LogP contribution is -2.39. The van der Waals surface area contributed by atoms with Gasteiger partial charge in [-0.25, -0.2) is 0 Å². The van der Waals surface area contributed by atoms with Crippen LogP contribution in [0.2, 0.25) is 0 Å². The van der Waals surface area contributed by atoms with E-state index < -0.39 is 0 Å². The highest BCUT2D eigenvalue weighted by Gasteiger charge is 2.43. The zero-order valence-electron chi connectivity index (χ0n) is 9.36. The first-order chi connectivity index (χ1) is 6.49. The molecule has 1 heterocycles. The quantitative estimate of drug-likeness (QED) is 0.648. The molecule has 0 amide bonds. The predicted octanol–water partition coefficient (Wildman–Crippen LogP) is 0.215. The van der Waals surface area contributed by atoms with Crippen molar-refractivity contribution in [3.8, 4) is 0 Å². The molecule has 0 aromatic heterocycles. The lowest BCUT2D eigenvalue weighted by Gasteiger charge is -2.26. The number of rotatable bonds is 2. The lowest BCUT2D eigenvalue weighted by molar-refractivity contribution is -0.146. The highest BCUT2D eigenvalue weighted by molar-refractivity contribution is 5.74. The van der Waals surface area contributed by atoms with Crippen molar-refractivity contribution in [3.05, 3.63) is 0 Å². The van der Waals surface area contributed by atoms with E-state index in [1.54, 1.807) is 0 Å². The van der Waals surface area contributed by atoms with Crippen molar-refractivity contribution in [2.24, 2.45) is 11.7 Å². The first kappa shape index (κ1) is 11.5. The monoisotopic (exact) mass is 200 g/mol. The van der Waals surface area contributed by atoms with Gasteiger partial charge >= 0.3 is 5.97 Å². The maximum absolute atomic E-state index is 11.5. The molecule has 4 heteroatoms. The van der Waals surface area contributed by atoms with Gasteiger partial charge in [0, 0.05) is 24.7 Å². The van der Waals surface area contributed by atoms with E-state index in [0.717, 1.165) is 6.54 Å². The van der Waals surface area contributed by atoms with Crippen LogP contribution < -0.4 is 5.73 Å². The van der Waals surface area contributed by atoms with E-state index >= 15 is 0 Å². The minimum absolute atomic E-state index is 0.0974. The molecule has 0 aromatic carbocycles. The molecule has 0 bridgehead atoms. The van der Waals surface area contributed by atoms with Crippen LogP contribution in [-0.2, 0) is 9.53 Å². The second-order valence-electron chi connectivity index (χ2n) is 4.24. The molecule has 2 N–H and O–H groups in total. The molecule has 82 valence electrons. The molecule has 1 rings (SSSR count). The fraction of sp³-hybridized carbons (Fsp3) is 0.900. The van der Waals surface area contributed by atoms with Crippen molar-refractivity contribution in [2.45, 2.75) is 38.9 Å². The van der Waals surface area contributed by atoms with Gasteiger partial charge in [-0.15, -0.1) is 0 Å². The van der Waals surface area contributed by atoms with Gasteiger partial charge in [-0.1, -0.05) is 0 Å². The molecule has 1 fully saturated rings. The van der Waals surface area contributed by atoms with Crippen molar-refractivity contribution in [2.75, 3.05) is 13.7 Å². The average molecular weight is 200 g/mol. The number of likely N-dealkylation sites (tertiary alicyclic amines) is 1. The molecule has 1 aliphatic rings. The molecule has 1 aliphatic heterocycles. The summed E-state index contributed by atoms with van der Waals surface area (Å²) in [5.74, 6) is -0.365. The Labute approximate surface area is 85.4 Å². The molecule has 14 heavy (non-hydrogen) atoms. The third-order valence-electron chi connectivity index (χ3n) is 3.06. The molecule has 0 saturated carbocycles. The second-order valence-corrected chi connectivity index (χ2v) is 4.24. The number of methoxy groups -OCH3 is 1. The summed E-state index contributed by atoms with van der Waals surface area (Å²) in [6, 6.07) is 0.503. The molecule has 4 nitrogen and oxygen atoms in total. The standard InChI is InChI=1S/C10H20N2O2/c1-6(2)12-5-8(11)9(7(12)3)10(13)14-4/h6-9H,5,11H2,1-4H3. The maximum atomic E-state index is 11.5. The van der Waals surface area contributed by atoms with Crippen LogP contribution >= 0.6 is 0 Å². The van der Waals surface area contributed by atoms with Gasteiger partial charge < -0.3 is 10.5 Å². The van der Waals surface area contributed by atoms with Crippen LogP contribution in [0, 0.1) is 5.92 Å². The van der Waals surface area contributed by atoms with Crippen LogP contribution in [0.5, 0.6) is 0 Å². The molecule has 0 radical (unpaired) electrons. The summed E-state index contributed by atoms with van der Waals surface area (Å²) in [4.78, 5) is 13.7. The van der Waals surface area contributed by atoms with E-state index in [2.05, 4.69) is 18.7 Å². The Morgan fingerprint density at radius 2 is 2.14 bits per heavy atom. The second kappa shape index (κ2) is 4.28. The summed E-state index contributed by atoms with van der Waals surface area (Å²) < 4.78 is 4.76. The van der Waals surface area contributed by atoms with Crippen molar-refractivity contribution in [3.63, 3.8) is 0 Å². The first-order valence-corrected chi connectivity index (χ1v) is 5.08. The van der Waals surface area contributed by atoms with Crippen molar-refractivity contribution in [1.29, 1.82) is 0 Å². The Bertz CT molecular complexity index is 218. The third kappa shape index (κ3) is 1.91. The number of nitrogens with two attached hydrogens (primary N) is 1. The fourth-order valence-corrected chi connectivity index (χ4v) is 2.28. The highest BCUT2D eigenvalue weighted by atomic mass is 16.5. The molecule has 1 saturated heterocycles. The third-order valence-corrected chi connectivity index (χ3v) is 3.06. The summed E-state index contributed by atoms with van der Waals surface area (Å²) in [6.45, 7) is 7.04. The van der Waals surface area contributed by atoms with Crippen LogP contribution in [0.1, 0.15) is 20.8 Å². The van der Waals surface area contributed by atoms with E-state index in [-0.39, 0.29) is 24.0 Å². The average Bonchev–Trinajstić information content (AvgIpc) is 2.41. The van der Waals surface area contributed by atoms with Crippen LogP contribution in [0.4, 0.5) is 0 Å². The topological polar surface area (TPSA) is 55.6 Å². The number of hydrogen-bond acceptors (Lipinski definition) is 4. The minimum Gasteiger partial charge on any atom is -0.469 e. The number of carbonyl (C=O) groups excluding carboxylic acids is 1. The zero-order chi connectivity index (χ0) is 10.9. The van der Waals surface area contributed by atoms with E-state index in [0.29, 0.717) is 6.04 Å². The molecular formula is C10H20N2O2. The van der Waals surface area contributed by atoms with E-state index in [1.807, 2.05) is 6.92 Å². The predicted molar refractivity (Wildman–Crippen MR) is 54.8 cm³/mol. The molecule has 0 aliphatic carbocycles. The number of esters is 1. The van der Waals surface area contributed by atoms with Gasteiger partial charge in [0.15, 0.2) is 0 Å². The van der Waals surface area contributed by atoms with Gasteiger partial charge in [-0.2, -0.15) is 0 Å². The summed E-state index contributed by atoms with van der Waals surface area (Å²) >= 11 is 0. The largest absolute Gasteiger partial charge is 0.469 e. The van der Waals surface area contributed by atoms with E-state index in [9.17, 15) is 4.79 Å². The molecule has 0 aromatic rings. The molecular weight excluding hydrogens is 180 g/mol. The van der Waals surface area contributed by atoms with E-state index in [4.69, 9.17) is 10.5 Å². The van der Waals surface area contributed by atoms with Crippen LogP contribution in [-0.4, -0.2) is 42.6 Å².